The molecule has 17 heavy (non-hydrogen) atoms. The zero-order valence-corrected chi connectivity index (χ0v) is 9.23. The minimum atomic E-state index is -1.16. The van der Waals surface area contributed by atoms with E-state index in [1.165, 1.54) is 0 Å². The summed E-state index contributed by atoms with van der Waals surface area (Å²) in [5.41, 5.74) is -0.670. The van der Waals surface area contributed by atoms with Gasteiger partial charge in [-0.05, 0) is 6.42 Å². The van der Waals surface area contributed by atoms with Crippen molar-refractivity contribution in [1.29, 1.82) is 0 Å². The van der Waals surface area contributed by atoms with Gasteiger partial charge in [-0.25, -0.2) is 13.2 Å². The van der Waals surface area contributed by atoms with Crippen molar-refractivity contribution in [3.63, 3.8) is 0 Å². The van der Waals surface area contributed by atoms with Crippen LogP contribution in [0, 0.1) is 17.5 Å². The van der Waals surface area contributed by atoms with Crippen LogP contribution in [0.1, 0.15) is 13.3 Å². The first-order chi connectivity index (χ1) is 8.04. The Bertz CT molecular complexity index is 387. The van der Waals surface area contributed by atoms with Crippen LogP contribution in [-0.2, 0) is 9.53 Å². The molecule has 0 aliphatic heterocycles. The number of benzene rings is 1. The third-order valence-electron chi connectivity index (χ3n) is 1.85. The van der Waals surface area contributed by atoms with Crippen LogP contribution in [0.3, 0.4) is 0 Å². The predicted octanol–water partition coefficient (Wildman–Crippen LogP) is 2.47. The maximum atomic E-state index is 13.1. The fourth-order valence-corrected chi connectivity index (χ4v) is 1.15. The molecule has 6 heteroatoms. The highest BCUT2D eigenvalue weighted by Crippen LogP contribution is 2.19. The normalized spacial score (nSPS) is 10.4. The van der Waals surface area contributed by atoms with Gasteiger partial charge in [-0.15, -0.1) is 0 Å². The average molecular weight is 247 g/mol. The molecule has 0 aromatic heterocycles. The molecule has 3 nitrogen and oxygen atoms in total. The molecule has 0 aliphatic carbocycles. The van der Waals surface area contributed by atoms with Crippen molar-refractivity contribution >= 4 is 11.6 Å². The summed E-state index contributed by atoms with van der Waals surface area (Å²) in [6.07, 6.45) is 0.729. The monoisotopic (exact) mass is 247 g/mol. The lowest BCUT2D eigenvalue weighted by atomic mass is 10.2. The summed E-state index contributed by atoms with van der Waals surface area (Å²) >= 11 is 0. The number of nitrogens with one attached hydrogen (secondary N) is 1. The van der Waals surface area contributed by atoms with Gasteiger partial charge in [-0.1, -0.05) is 6.92 Å². The summed E-state index contributed by atoms with van der Waals surface area (Å²) in [4.78, 5) is 11.2. The van der Waals surface area contributed by atoms with Crippen molar-refractivity contribution in [3.8, 4) is 0 Å². The molecule has 0 fully saturated rings. The van der Waals surface area contributed by atoms with Crippen LogP contribution < -0.4 is 5.32 Å². The molecule has 94 valence electrons. The maximum absolute atomic E-state index is 13.1. The second kappa shape index (κ2) is 6.24. The Kier molecular flexibility index (Phi) is 4.96. The number of amides is 1. The van der Waals surface area contributed by atoms with Gasteiger partial charge in [0, 0.05) is 18.7 Å². The molecule has 1 aromatic carbocycles. The number of rotatable bonds is 5. The summed E-state index contributed by atoms with van der Waals surface area (Å²) in [5, 5.41) is 1.98. The first-order valence-electron chi connectivity index (χ1n) is 5.06. The van der Waals surface area contributed by atoms with Crippen LogP contribution >= 0.6 is 0 Å². The topological polar surface area (TPSA) is 38.3 Å². The van der Waals surface area contributed by atoms with Gasteiger partial charge in [0.05, 0.1) is 0 Å². The van der Waals surface area contributed by atoms with Crippen molar-refractivity contribution in [2.45, 2.75) is 13.3 Å². The quantitative estimate of drug-likeness (QED) is 0.812. The lowest BCUT2D eigenvalue weighted by Gasteiger charge is -2.07. The highest BCUT2D eigenvalue weighted by molar-refractivity contribution is 5.91. The molecular formula is C11H12F3NO2. The molecule has 1 aromatic rings. The van der Waals surface area contributed by atoms with E-state index >= 15 is 0 Å². The van der Waals surface area contributed by atoms with Crippen molar-refractivity contribution in [3.05, 3.63) is 29.6 Å². The standard InChI is InChI=1S/C11H12F3NO2/c1-2-3-17-6-10(16)15-11-8(13)4-7(12)5-9(11)14/h4-5H,2-3,6H2,1H3,(H,15,16). The van der Waals surface area contributed by atoms with Gasteiger partial charge in [0.2, 0.25) is 0 Å². The smallest absolute Gasteiger partial charge is 0.250 e. The van der Waals surface area contributed by atoms with Gasteiger partial charge in [0.25, 0.3) is 5.91 Å². The molecular weight excluding hydrogens is 235 g/mol. The number of carbonyl (C=O) groups excluding carboxylic acids is 1. The van der Waals surface area contributed by atoms with Crippen LogP contribution in [0.5, 0.6) is 0 Å². The minimum absolute atomic E-state index is 0.301. The number of halogens is 3. The Balaban J connectivity index is 2.65. The first kappa shape index (κ1) is 13.5. The third-order valence-corrected chi connectivity index (χ3v) is 1.85. The fourth-order valence-electron chi connectivity index (χ4n) is 1.15. The van der Waals surface area contributed by atoms with Crippen LogP contribution in [0.25, 0.3) is 0 Å². The van der Waals surface area contributed by atoms with Gasteiger partial charge in [-0.2, -0.15) is 0 Å². The highest BCUT2D eigenvalue weighted by Gasteiger charge is 2.14. The van der Waals surface area contributed by atoms with E-state index in [1.807, 2.05) is 12.2 Å². The highest BCUT2D eigenvalue weighted by atomic mass is 19.1. The summed E-state index contributed by atoms with van der Waals surface area (Å²) in [6, 6.07) is 0.983. The molecule has 1 rings (SSSR count). The maximum Gasteiger partial charge on any atom is 0.250 e. The first-order valence-corrected chi connectivity index (χ1v) is 5.06. The lowest BCUT2D eigenvalue weighted by molar-refractivity contribution is -0.120. The van der Waals surface area contributed by atoms with Crippen LogP contribution in [0.15, 0.2) is 12.1 Å². The van der Waals surface area contributed by atoms with E-state index in [-0.39, 0.29) is 6.61 Å². The number of ether oxygens (including phenoxy) is 1. The molecule has 0 saturated carbocycles. The Morgan fingerprint density at radius 3 is 2.41 bits per heavy atom. The van der Waals surface area contributed by atoms with Crippen molar-refractivity contribution < 1.29 is 22.7 Å². The molecule has 0 unspecified atom stereocenters. The summed E-state index contributed by atoms with van der Waals surface area (Å²) in [5.74, 6) is -4.05. The summed E-state index contributed by atoms with van der Waals surface area (Å²) in [7, 11) is 0. The van der Waals surface area contributed by atoms with Gasteiger partial charge in [-0.3, -0.25) is 4.79 Å². The third kappa shape index (κ3) is 4.07. The largest absolute Gasteiger partial charge is 0.372 e. The van der Waals surface area contributed by atoms with E-state index in [4.69, 9.17) is 4.74 Å². The van der Waals surface area contributed by atoms with E-state index in [0.717, 1.165) is 6.42 Å². The Hall–Kier alpha value is -1.56. The summed E-state index contributed by atoms with van der Waals surface area (Å²) in [6.45, 7) is 1.93. The van der Waals surface area contributed by atoms with Crippen molar-refractivity contribution in [2.24, 2.45) is 0 Å². The molecule has 0 bridgehead atoms. The van der Waals surface area contributed by atoms with E-state index in [0.29, 0.717) is 18.7 Å². The second-order valence-electron chi connectivity index (χ2n) is 3.35. The van der Waals surface area contributed by atoms with Crippen LogP contribution in [0.2, 0.25) is 0 Å². The predicted molar refractivity (Wildman–Crippen MR) is 56.1 cm³/mol. The molecule has 0 atom stereocenters. The molecule has 0 saturated heterocycles. The molecule has 0 heterocycles. The zero-order chi connectivity index (χ0) is 12.8. The Morgan fingerprint density at radius 1 is 1.29 bits per heavy atom. The van der Waals surface area contributed by atoms with E-state index in [9.17, 15) is 18.0 Å². The SMILES string of the molecule is CCCOCC(=O)Nc1c(F)cc(F)cc1F. The number of carbonyl (C=O) groups is 1. The Labute approximate surface area is 96.6 Å². The molecule has 0 aliphatic rings. The number of hydrogen-bond acceptors (Lipinski definition) is 2. The minimum Gasteiger partial charge on any atom is -0.372 e. The molecule has 0 radical (unpaired) electrons. The van der Waals surface area contributed by atoms with Gasteiger partial charge < -0.3 is 10.1 Å². The molecule has 1 N–H and O–H groups in total. The number of hydrogen-bond donors (Lipinski definition) is 1. The van der Waals surface area contributed by atoms with E-state index in [1.54, 1.807) is 0 Å². The lowest BCUT2D eigenvalue weighted by Crippen LogP contribution is -2.20. The molecule has 0 spiro atoms. The van der Waals surface area contributed by atoms with Crippen molar-refractivity contribution in [2.75, 3.05) is 18.5 Å². The van der Waals surface area contributed by atoms with Crippen molar-refractivity contribution in [1.82, 2.24) is 0 Å². The van der Waals surface area contributed by atoms with Crippen LogP contribution in [0.4, 0.5) is 18.9 Å². The van der Waals surface area contributed by atoms with Gasteiger partial charge in [0.1, 0.15) is 18.1 Å². The van der Waals surface area contributed by atoms with Gasteiger partial charge in [0.15, 0.2) is 11.6 Å². The molecule has 1 amide bonds. The second-order valence-corrected chi connectivity index (χ2v) is 3.35. The average Bonchev–Trinajstić information content (AvgIpc) is 2.24. The zero-order valence-electron chi connectivity index (χ0n) is 9.23. The van der Waals surface area contributed by atoms with Crippen LogP contribution in [-0.4, -0.2) is 19.1 Å². The van der Waals surface area contributed by atoms with E-state index < -0.39 is 29.0 Å². The Morgan fingerprint density at radius 2 is 1.88 bits per heavy atom. The number of anilines is 1. The van der Waals surface area contributed by atoms with Gasteiger partial charge >= 0.3 is 0 Å². The van der Waals surface area contributed by atoms with E-state index in [2.05, 4.69) is 0 Å². The fraction of sp³-hybridized carbons (Fsp3) is 0.364. The summed E-state index contributed by atoms with van der Waals surface area (Å²) < 4.78 is 43.7.